The second-order valence-electron chi connectivity index (χ2n) is 4.83. The summed E-state index contributed by atoms with van der Waals surface area (Å²) in [5, 5.41) is 0. The van der Waals surface area contributed by atoms with Crippen molar-refractivity contribution in [2.75, 3.05) is 0 Å². The number of fused-ring (bicyclic) bond motifs is 1. The Hall–Kier alpha value is -1.57. The highest BCUT2D eigenvalue weighted by molar-refractivity contribution is 5.87. The zero-order chi connectivity index (χ0) is 12.5. The van der Waals surface area contributed by atoms with Crippen LogP contribution in [0.5, 0.6) is 0 Å². The van der Waals surface area contributed by atoms with Crippen LogP contribution < -0.4 is 0 Å². The molecule has 1 aromatic rings. The molecule has 0 unspecified atom stereocenters. The van der Waals surface area contributed by atoms with Gasteiger partial charge >= 0.3 is 5.97 Å². The van der Waals surface area contributed by atoms with E-state index in [1.54, 1.807) is 6.92 Å². The molecule has 0 saturated carbocycles. The monoisotopic (exact) mass is 230 g/mol. The fourth-order valence-corrected chi connectivity index (χ4v) is 2.34. The fourth-order valence-electron chi connectivity index (χ4n) is 2.34. The third-order valence-corrected chi connectivity index (χ3v) is 3.45. The first-order valence-corrected chi connectivity index (χ1v) is 6.02. The molecule has 0 amide bonds. The Morgan fingerprint density at radius 3 is 2.29 bits per heavy atom. The predicted octanol–water partition coefficient (Wildman–Crippen LogP) is 3.05. The third kappa shape index (κ3) is 2.26. The lowest BCUT2D eigenvalue weighted by molar-refractivity contribution is -0.154. The topological polar surface area (TPSA) is 26.3 Å². The van der Waals surface area contributed by atoms with E-state index in [-0.39, 0.29) is 11.6 Å². The molecule has 90 valence electrons. The minimum Gasteiger partial charge on any atom is -0.455 e. The van der Waals surface area contributed by atoms with Crippen molar-refractivity contribution in [1.29, 1.82) is 0 Å². The van der Waals surface area contributed by atoms with Crippen LogP contribution in [-0.4, -0.2) is 11.6 Å². The maximum atomic E-state index is 11.7. The summed E-state index contributed by atoms with van der Waals surface area (Å²) in [4.78, 5) is 11.7. The molecule has 0 fully saturated rings. The molecule has 1 aliphatic rings. The molecule has 2 nitrogen and oxygen atoms in total. The number of hydrogen-bond acceptors (Lipinski definition) is 2. The minimum absolute atomic E-state index is 0.278. The van der Waals surface area contributed by atoms with Crippen LogP contribution >= 0.6 is 0 Å². The van der Waals surface area contributed by atoms with Crippen molar-refractivity contribution in [1.82, 2.24) is 0 Å². The Bertz CT molecular complexity index is 435. The van der Waals surface area contributed by atoms with Crippen LogP contribution in [0, 0.1) is 0 Å². The van der Waals surface area contributed by atoms with Crippen LogP contribution in [0.15, 0.2) is 36.4 Å². The Labute approximate surface area is 102 Å². The van der Waals surface area contributed by atoms with Crippen LogP contribution in [0.4, 0.5) is 0 Å². The van der Waals surface area contributed by atoms with E-state index in [4.69, 9.17) is 4.74 Å². The molecule has 2 heteroatoms. The van der Waals surface area contributed by atoms with Gasteiger partial charge in [-0.1, -0.05) is 37.8 Å². The van der Waals surface area contributed by atoms with Gasteiger partial charge in [-0.2, -0.15) is 0 Å². The second kappa shape index (κ2) is 4.36. The largest absolute Gasteiger partial charge is 0.455 e. The van der Waals surface area contributed by atoms with E-state index in [1.807, 2.05) is 12.1 Å². The normalized spacial score (nSPS) is 16.4. The van der Waals surface area contributed by atoms with Crippen LogP contribution in [0.3, 0.4) is 0 Å². The summed E-state index contributed by atoms with van der Waals surface area (Å²) in [6.07, 6.45) is 2.47. The van der Waals surface area contributed by atoms with Crippen molar-refractivity contribution in [3.63, 3.8) is 0 Å². The van der Waals surface area contributed by atoms with Gasteiger partial charge in [-0.15, -0.1) is 0 Å². The molecule has 0 bridgehead atoms. The van der Waals surface area contributed by atoms with Gasteiger partial charge in [0, 0.05) is 18.4 Å². The SMILES string of the molecule is C=C(C)C(=O)OC1(CC)Cc2ccccc2C1. The van der Waals surface area contributed by atoms with Crippen molar-refractivity contribution < 1.29 is 9.53 Å². The van der Waals surface area contributed by atoms with Gasteiger partial charge in [-0.25, -0.2) is 4.79 Å². The quantitative estimate of drug-likeness (QED) is 0.589. The van der Waals surface area contributed by atoms with Gasteiger partial charge in [0.15, 0.2) is 0 Å². The van der Waals surface area contributed by atoms with Gasteiger partial charge in [0.1, 0.15) is 5.60 Å². The van der Waals surface area contributed by atoms with Crippen molar-refractivity contribution in [3.05, 3.63) is 47.5 Å². The molecule has 0 saturated heterocycles. The number of hydrogen-bond donors (Lipinski definition) is 0. The molecule has 0 aliphatic heterocycles. The van der Waals surface area contributed by atoms with Crippen LogP contribution in [0.1, 0.15) is 31.4 Å². The van der Waals surface area contributed by atoms with Gasteiger partial charge in [0.05, 0.1) is 0 Å². The molecule has 0 atom stereocenters. The average Bonchev–Trinajstić information content (AvgIpc) is 2.67. The molecule has 0 radical (unpaired) electrons. The minimum atomic E-state index is -0.361. The van der Waals surface area contributed by atoms with E-state index in [2.05, 4.69) is 25.6 Å². The van der Waals surface area contributed by atoms with Gasteiger partial charge in [0.2, 0.25) is 0 Å². The summed E-state index contributed by atoms with van der Waals surface area (Å²) in [6, 6.07) is 8.29. The summed E-state index contributed by atoms with van der Waals surface area (Å²) in [6.45, 7) is 7.39. The first-order valence-electron chi connectivity index (χ1n) is 6.02. The number of esters is 1. The molecular formula is C15H18O2. The zero-order valence-corrected chi connectivity index (χ0v) is 10.5. The van der Waals surface area contributed by atoms with E-state index in [0.29, 0.717) is 5.57 Å². The molecule has 2 rings (SSSR count). The zero-order valence-electron chi connectivity index (χ0n) is 10.5. The number of carbonyl (C=O) groups is 1. The number of carbonyl (C=O) groups excluding carboxylic acids is 1. The van der Waals surface area contributed by atoms with E-state index < -0.39 is 0 Å². The number of ether oxygens (including phenoxy) is 1. The average molecular weight is 230 g/mol. The van der Waals surface area contributed by atoms with E-state index in [0.717, 1.165) is 19.3 Å². The van der Waals surface area contributed by atoms with E-state index >= 15 is 0 Å². The summed E-state index contributed by atoms with van der Waals surface area (Å²) in [7, 11) is 0. The van der Waals surface area contributed by atoms with Crippen molar-refractivity contribution in [2.45, 2.75) is 38.7 Å². The molecule has 0 spiro atoms. The lowest BCUT2D eigenvalue weighted by Crippen LogP contribution is -2.35. The first-order chi connectivity index (χ1) is 8.06. The van der Waals surface area contributed by atoms with Crippen molar-refractivity contribution >= 4 is 5.97 Å². The second-order valence-corrected chi connectivity index (χ2v) is 4.83. The maximum absolute atomic E-state index is 11.7. The Kier molecular flexibility index (Phi) is 3.05. The number of rotatable bonds is 3. The molecule has 17 heavy (non-hydrogen) atoms. The summed E-state index contributed by atoms with van der Waals surface area (Å²) in [5.41, 5.74) is 2.70. The molecular weight excluding hydrogens is 212 g/mol. The predicted molar refractivity (Wildman–Crippen MR) is 67.8 cm³/mol. The van der Waals surface area contributed by atoms with Crippen LogP contribution in [0.2, 0.25) is 0 Å². The summed E-state index contributed by atoms with van der Waals surface area (Å²) >= 11 is 0. The highest BCUT2D eigenvalue weighted by Crippen LogP contribution is 2.35. The van der Waals surface area contributed by atoms with E-state index in [1.165, 1.54) is 11.1 Å². The van der Waals surface area contributed by atoms with Crippen LogP contribution in [-0.2, 0) is 22.4 Å². The number of benzene rings is 1. The summed E-state index contributed by atoms with van der Waals surface area (Å²) in [5.74, 6) is -0.278. The van der Waals surface area contributed by atoms with Gasteiger partial charge in [0.25, 0.3) is 0 Å². The molecule has 0 aromatic heterocycles. The van der Waals surface area contributed by atoms with Gasteiger partial charge < -0.3 is 4.74 Å². The lowest BCUT2D eigenvalue weighted by Gasteiger charge is -2.27. The molecule has 0 heterocycles. The highest BCUT2D eigenvalue weighted by atomic mass is 16.6. The smallest absolute Gasteiger partial charge is 0.333 e. The van der Waals surface area contributed by atoms with Crippen molar-refractivity contribution in [2.24, 2.45) is 0 Å². The van der Waals surface area contributed by atoms with Gasteiger partial charge in [-0.3, -0.25) is 0 Å². The first kappa shape index (κ1) is 11.9. The summed E-state index contributed by atoms with van der Waals surface area (Å²) < 4.78 is 5.65. The Morgan fingerprint density at radius 1 is 1.35 bits per heavy atom. The fraction of sp³-hybridized carbons (Fsp3) is 0.400. The molecule has 0 N–H and O–H groups in total. The van der Waals surface area contributed by atoms with Crippen molar-refractivity contribution in [3.8, 4) is 0 Å². The maximum Gasteiger partial charge on any atom is 0.333 e. The standard InChI is InChI=1S/C15H18O2/c1-4-15(17-14(16)11(2)3)9-12-7-5-6-8-13(12)10-15/h5-8H,2,4,9-10H2,1,3H3. The molecule has 1 aliphatic carbocycles. The third-order valence-electron chi connectivity index (χ3n) is 3.45. The van der Waals surface area contributed by atoms with Gasteiger partial charge in [-0.05, 0) is 24.5 Å². The van der Waals surface area contributed by atoms with Crippen LogP contribution in [0.25, 0.3) is 0 Å². The van der Waals surface area contributed by atoms with E-state index in [9.17, 15) is 4.79 Å². The lowest BCUT2D eigenvalue weighted by atomic mass is 9.96. The molecule has 1 aromatic carbocycles. The Balaban J connectivity index is 2.20. The Morgan fingerprint density at radius 2 is 1.88 bits per heavy atom. The highest BCUT2D eigenvalue weighted by Gasteiger charge is 2.39.